The summed E-state index contributed by atoms with van der Waals surface area (Å²) in [6, 6.07) is 0. The first-order chi connectivity index (χ1) is 5.83. The molecule has 58 valence electrons. The summed E-state index contributed by atoms with van der Waals surface area (Å²) < 4.78 is 0. The lowest BCUT2D eigenvalue weighted by Crippen LogP contribution is -2.27. The van der Waals surface area contributed by atoms with Gasteiger partial charge in [-0.25, -0.2) is 0 Å². The van der Waals surface area contributed by atoms with Crippen molar-refractivity contribution in [2.75, 3.05) is 0 Å². The summed E-state index contributed by atoms with van der Waals surface area (Å²) in [4.78, 5) is 11.7. The van der Waals surface area contributed by atoms with Gasteiger partial charge in [0.25, 0.3) is 0 Å². The molecule has 2 bridgehead atoms. The Morgan fingerprint density at radius 1 is 1.25 bits per heavy atom. The average Bonchev–Trinajstić information content (AvgIpc) is 2.56. The minimum atomic E-state index is -0.315. The molecule has 2 atom stereocenters. The van der Waals surface area contributed by atoms with E-state index in [1.54, 1.807) is 0 Å². The van der Waals surface area contributed by atoms with Crippen molar-refractivity contribution < 1.29 is 4.79 Å². The highest BCUT2D eigenvalue weighted by molar-refractivity contribution is 6.11. The number of carbonyl (C=O) groups excluding carboxylic acids is 1. The summed E-state index contributed by atoms with van der Waals surface area (Å²) in [5, 5.41) is 0. The van der Waals surface area contributed by atoms with E-state index in [0.29, 0.717) is 0 Å². The second-order valence-electron chi connectivity index (χ2n) is 3.49. The molecule has 0 aromatic carbocycles. The molecule has 1 spiro atoms. The molecule has 0 amide bonds. The first kappa shape index (κ1) is 6.18. The van der Waals surface area contributed by atoms with Gasteiger partial charge in [-0.05, 0) is 0 Å². The summed E-state index contributed by atoms with van der Waals surface area (Å²) in [6.07, 6.45) is 14.1. The summed E-state index contributed by atoms with van der Waals surface area (Å²) in [6.45, 7) is 0. The van der Waals surface area contributed by atoms with Crippen LogP contribution in [0.1, 0.15) is 0 Å². The predicted molar refractivity (Wildman–Crippen MR) is 46.4 cm³/mol. The van der Waals surface area contributed by atoms with Gasteiger partial charge >= 0.3 is 0 Å². The van der Waals surface area contributed by atoms with Gasteiger partial charge in [0.15, 0.2) is 5.78 Å². The first-order valence-electron chi connectivity index (χ1n) is 4.15. The summed E-state index contributed by atoms with van der Waals surface area (Å²) >= 11 is 0. The molecule has 0 saturated carbocycles. The maximum absolute atomic E-state index is 11.7. The molecule has 0 fully saturated rings. The fourth-order valence-electron chi connectivity index (χ4n) is 2.21. The van der Waals surface area contributed by atoms with E-state index in [1.165, 1.54) is 0 Å². The minimum Gasteiger partial charge on any atom is -0.293 e. The zero-order valence-electron chi connectivity index (χ0n) is 6.53. The standard InChI is InChI=1S/C11H8O/c12-10-8-4-6-11(10)5-2-1-3-9(11)7-8/h1-7,9H. The minimum absolute atomic E-state index is 0.271. The molecule has 3 aliphatic rings. The van der Waals surface area contributed by atoms with Gasteiger partial charge < -0.3 is 0 Å². The Morgan fingerprint density at radius 3 is 2.92 bits per heavy atom. The lowest BCUT2D eigenvalue weighted by Gasteiger charge is -2.25. The highest BCUT2D eigenvalue weighted by atomic mass is 16.1. The number of carbonyl (C=O) groups is 1. The second-order valence-corrected chi connectivity index (χ2v) is 3.49. The monoisotopic (exact) mass is 156 g/mol. The van der Waals surface area contributed by atoms with E-state index in [1.807, 2.05) is 30.4 Å². The van der Waals surface area contributed by atoms with Crippen LogP contribution in [0.2, 0.25) is 0 Å². The molecule has 2 unspecified atom stereocenters. The highest BCUT2D eigenvalue weighted by Gasteiger charge is 2.49. The average molecular weight is 156 g/mol. The van der Waals surface area contributed by atoms with Gasteiger partial charge in [0.05, 0.1) is 5.41 Å². The second kappa shape index (κ2) is 1.69. The molecule has 0 N–H and O–H groups in total. The van der Waals surface area contributed by atoms with Gasteiger partial charge in [-0.3, -0.25) is 4.79 Å². The third-order valence-corrected chi connectivity index (χ3v) is 2.91. The van der Waals surface area contributed by atoms with Gasteiger partial charge in [0.1, 0.15) is 0 Å². The van der Waals surface area contributed by atoms with Gasteiger partial charge in [-0.2, -0.15) is 0 Å². The molecule has 0 aromatic heterocycles. The number of ketones is 1. The van der Waals surface area contributed by atoms with Crippen LogP contribution in [0.4, 0.5) is 0 Å². The Bertz CT molecular complexity index is 382. The van der Waals surface area contributed by atoms with Crippen molar-refractivity contribution in [1.82, 2.24) is 0 Å². The highest BCUT2D eigenvalue weighted by Crippen LogP contribution is 2.49. The smallest absolute Gasteiger partial charge is 0.177 e. The Labute approximate surface area is 70.8 Å². The first-order valence-corrected chi connectivity index (χ1v) is 4.15. The van der Waals surface area contributed by atoms with E-state index in [4.69, 9.17) is 0 Å². The van der Waals surface area contributed by atoms with Crippen molar-refractivity contribution in [1.29, 1.82) is 0 Å². The van der Waals surface area contributed by atoms with Crippen molar-refractivity contribution in [2.24, 2.45) is 11.3 Å². The summed E-state index contributed by atoms with van der Waals surface area (Å²) in [7, 11) is 0. The van der Waals surface area contributed by atoms with E-state index in [0.717, 1.165) is 5.57 Å². The summed E-state index contributed by atoms with van der Waals surface area (Å²) in [5.74, 6) is 0.558. The van der Waals surface area contributed by atoms with Crippen LogP contribution in [0.5, 0.6) is 0 Å². The molecule has 0 aromatic rings. The van der Waals surface area contributed by atoms with Crippen LogP contribution in [0.25, 0.3) is 0 Å². The topological polar surface area (TPSA) is 17.1 Å². The van der Waals surface area contributed by atoms with Gasteiger partial charge in [-0.15, -0.1) is 0 Å². The molecule has 12 heavy (non-hydrogen) atoms. The van der Waals surface area contributed by atoms with Crippen LogP contribution in [0, 0.1) is 11.3 Å². The van der Waals surface area contributed by atoms with E-state index in [9.17, 15) is 4.79 Å². The quantitative estimate of drug-likeness (QED) is 0.522. The van der Waals surface area contributed by atoms with E-state index in [-0.39, 0.29) is 17.1 Å². The number of allylic oxidation sites excluding steroid dienone is 8. The summed E-state index contributed by atoms with van der Waals surface area (Å²) in [5.41, 5.74) is 0.570. The van der Waals surface area contributed by atoms with Crippen LogP contribution < -0.4 is 0 Å². The number of rotatable bonds is 0. The molecule has 3 rings (SSSR count). The number of hydrogen-bond acceptors (Lipinski definition) is 1. The van der Waals surface area contributed by atoms with Gasteiger partial charge in [-0.1, -0.05) is 42.5 Å². The third kappa shape index (κ3) is 0.472. The van der Waals surface area contributed by atoms with Crippen LogP contribution in [0.3, 0.4) is 0 Å². The van der Waals surface area contributed by atoms with Gasteiger partial charge in [0, 0.05) is 11.5 Å². The molecular weight excluding hydrogens is 148 g/mol. The fraction of sp³-hybridized carbons (Fsp3) is 0.182. The van der Waals surface area contributed by atoms with Crippen molar-refractivity contribution >= 4 is 5.78 Å². The van der Waals surface area contributed by atoms with Crippen molar-refractivity contribution in [3.05, 3.63) is 48.1 Å². The molecular formula is C11H8O. The molecule has 1 heteroatoms. The maximum atomic E-state index is 11.7. The zero-order valence-corrected chi connectivity index (χ0v) is 6.53. The van der Waals surface area contributed by atoms with Crippen LogP contribution in [0.15, 0.2) is 48.1 Å². The Kier molecular flexibility index (Phi) is 0.868. The Balaban J connectivity index is 2.27. The molecule has 3 aliphatic carbocycles. The van der Waals surface area contributed by atoms with Crippen molar-refractivity contribution in [3.8, 4) is 0 Å². The van der Waals surface area contributed by atoms with Crippen molar-refractivity contribution in [2.45, 2.75) is 0 Å². The Hall–Kier alpha value is -1.37. The third-order valence-electron chi connectivity index (χ3n) is 2.91. The van der Waals surface area contributed by atoms with Gasteiger partial charge in [0.2, 0.25) is 0 Å². The fourth-order valence-corrected chi connectivity index (χ4v) is 2.21. The lowest BCUT2D eigenvalue weighted by molar-refractivity contribution is -0.119. The Morgan fingerprint density at radius 2 is 2.17 bits per heavy atom. The molecule has 1 nitrogen and oxygen atoms in total. The van der Waals surface area contributed by atoms with E-state index >= 15 is 0 Å². The predicted octanol–water partition coefficient (Wildman–Crippen LogP) is 1.79. The molecule has 0 radical (unpaired) electrons. The SMILES string of the molecule is O=C1C2=CC3C=CC=CC13C=C2. The number of fused-ring (bicyclic) bond motifs is 1. The number of hydrogen-bond donors (Lipinski definition) is 0. The lowest BCUT2D eigenvalue weighted by atomic mass is 9.75. The van der Waals surface area contributed by atoms with Crippen LogP contribution >= 0.6 is 0 Å². The molecule has 0 heterocycles. The van der Waals surface area contributed by atoms with Crippen LogP contribution in [-0.2, 0) is 4.79 Å². The number of Topliss-reactive ketones (excluding diaryl/α,β-unsaturated/α-hetero) is 1. The van der Waals surface area contributed by atoms with E-state index < -0.39 is 0 Å². The largest absolute Gasteiger partial charge is 0.293 e. The molecule has 0 aliphatic heterocycles. The normalized spacial score (nSPS) is 40.5. The molecule has 0 saturated heterocycles. The maximum Gasteiger partial charge on any atom is 0.177 e. The van der Waals surface area contributed by atoms with Crippen LogP contribution in [-0.4, -0.2) is 5.78 Å². The zero-order chi connectivity index (χ0) is 8.18. The van der Waals surface area contributed by atoms with E-state index in [2.05, 4.69) is 12.2 Å². The van der Waals surface area contributed by atoms with Crippen molar-refractivity contribution in [3.63, 3.8) is 0 Å².